The van der Waals surface area contributed by atoms with Crippen LogP contribution in [0.15, 0.2) is 41.4 Å². The second kappa shape index (κ2) is 9.48. The molecule has 1 heterocycles. The number of piperazine rings is 1. The fraction of sp³-hybridized carbons (Fsp3) is 0.474. The third kappa shape index (κ3) is 5.95. The van der Waals surface area contributed by atoms with Crippen LogP contribution in [0.2, 0.25) is 5.02 Å². The molecule has 0 bridgehead atoms. The molecule has 0 saturated carbocycles. The zero-order valence-electron chi connectivity index (χ0n) is 15.8. The number of anilines is 1. The lowest BCUT2D eigenvalue weighted by molar-refractivity contribution is -0.127. The van der Waals surface area contributed by atoms with Gasteiger partial charge in [0.05, 0.1) is 0 Å². The Hall–Kier alpha value is -2.21. The van der Waals surface area contributed by atoms with Crippen LogP contribution in [0.1, 0.15) is 6.92 Å². The van der Waals surface area contributed by atoms with E-state index in [0.29, 0.717) is 6.54 Å². The van der Waals surface area contributed by atoms with Gasteiger partial charge in [0.15, 0.2) is 5.96 Å². The number of guanidine groups is 1. The van der Waals surface area contributed by atoms with Crippen molar-refractivity contribution in [2.24, 2.45) is 4.99 Å². The smallest absolute Gasteiger partial charge is 0.243 e. The van der Waals surface area contributed by atoms with Crippen molar-refractivity contribution >= 4 is 29.2 Å². The first kappa shape index (κ1) is 20.1. The van der Waals surface area contributed by atoms with Gasteiger partial charge in [-0.3, -0.25) is 4.79 Å². The quantitative estimate of drug-likeness (QED) is 0.485. The van der Waals surface area contributed by atoms with E-state index in [1.807, 2.05) is 25.1 Å². The number of hydrogen-bond donors (Lipinski definition) is 1. The number of carbonyl (C=O) groups is 1. The maximum Gasteiger partial charge on any atom is 0.243 e. The van der Waals surface area contributed by atoms with E-state index < -0.39 is 0 Å². The highest BCUT2D eigenvalue weighted by atomic mass is 35.5. The fourth-order valence-corrected chi connectivity index (χ4v) is 2.82. The molecule has 0 atom stereocenters. The SMILES string of the molecule is C=C(C)CNC(=NCC(=O)N(C)C)N1CCN(c2cccc(Cl)c2)CC1. The van der Waals surface area contributed by atoms with E-state index in [-0.39, 0.29) is 12.5 Å². The van der Waals surface area contributed by atoms with E-state index in [9.17, 15) is 4.79 Å². The minimum Gasteiger partial charge on any atom is -0.368 e. The van der Waals surface area contributed by atoms with Gasteiger partial charge in [-0.25, -0.2) is 4.99 Å². The number of benzene rings is 1. The predicted octanol–water partition coefficient (Wildman–Crippen LogP) is 2.07. The van der Waals surface area contributed by atoms with Gasteiger partial charge < -0.3 is 20.0 Å². The normalized spacial score (nSPS) is 15.0. The van der Waals surface area contributed by atoms with E-state index in [1.54, 1.807) is 19.0 Å². The van der Waals surface area contributed by atoms with E-state index in [4.69, 9.17) is 11.6 Å². The molecule has 1 aromatic rings. The van der Waals surface area contributed by atoms with Gasteiger partial charge >= 0.3 is 0 Å². The van der Waals surface area contributed by atoms with Gasteiger partial charge in [-0.05, 0) is 25.1 Å². The highest BCUT2D eigenvalue weighted by molar-refractivity contribution is 6.30. The summed E-state index contributed by atoms with van der Waals surface area (Å²) in [5.41, 5.74) is 2.16. The molecule has 2 rings (SSSR count). The molecule has 0 aromatic heterocycles. The van der Waals surface area contributed by atoms with Crippen molar-refractivity contribution in [2.45, 2.75) is 6.92 Å². The molecule has 26 heavy (non-hydrogen) atoms. The Bertz CT molecular complexity index is 666. The van der Waals surface area contributed by atoms with E-state index in [1.165, 1.54) is 0 Å². The van der Waals surface area contributed by atoms with Crippen LogP contribution < -0.4 is 10.2 Å². The van der Waals surface area contributed by atoms with Crippen molar-refractivity contribution < 1.29 is 4.79 Å². The van der Waals surface area contributed by atoms with Gasteiger partial charge in [0.2, 0.25) is 5.91 Å². The number of hydrogen-bond acceptors (Lipinski definition) is 3. The van der Waals surface area contributed by atoms with Crippen LogP contribution in [-0.2, 0) is 4.79 Å². The van der Waals surface area contributed by atoms with Crippen molar-refractivity contribution in [3.8, 4) is 0 Å². The first-order valence-corrected chi connectivity index (χ1v) is 9.13. The maximum atomic E-state index is 11.9. The van der Waals surface area contributed by atoms with Crippen LogP contribution in [0.3, 0.4) is 0 Å². The monoisotopic (exact) mass is 377 g/mol. The van der Waals surface area contributed by atoms with Crippen LogP contribution in [0.5, 0.6) is 0 Å². The highest BCUT2D eigenvalue weighted by Crippen LogP contribution is 2.20. The lowest BCUT2D eigenvalue weighted by Crippen LogP contribution is -2.53. The summed E-state index contributed by atoms with van der Waals surface area (Å²) in [5, 5.41) is 4.06. The number of likely N-dealkylation sites (N-methyl/N-ethyl adjacent to an activating group) is 1. The lowest BCUT2D eigenvalue weighted by Gasteiger charge is -2.38. The van der Waals surface area contributed by atoms with Crippen LogP contribution in [0, 0.1) is 0 Å². The molecule has 1 aliphatic heterocycles. The fourth-order valence-electron chi connectivity index (χ4n) is 2.63. The van der Waals surface area contributed by atoms with Crippen molar-refractivity contribution in [3.63, 3.8) is 0 Å². The summed E-state index contributed by atoms with van der Waals surface area (Å²) in [6, 6.07) is 7.92. The molecule has 0 spiro atoms. The van der Waals surface area contributed by atoms with Crippen LogP contribution in [0.4, 0.5) is 5.69 Å². The van der Waals surface area contributed by atoms with Crippen molar-refractivity contribution in [3.05, 3.63) is 41.4 Å². The highest BCUT2D eigenvalue weighted by Gasteiger charge is 2.20. The maximum absolute atomic E-state index is 11.9. The first-order valence-electron chi connectivity index (χ1n) is 8.75. The summed E-state index contributed by atoms with van der Waals surface area (Å²) in [6.07, 6.45) is 0. The van der Waals surface area contributed by atoms with Crippen LogP contribution in [-0.4, -0.2) is 75.0 Å². The third-order valence-electron chi connectivity index (χ3n) is 4.16. The standard InChI is InChI=1S/C19H28ClN5O/c1-15(2)13-21-19(22-14-18(26)23(3)4)25-10-8-24(9-11-25)17-7-5-6-16(20)12-17/h5-7,12H,1,8-11,13-14H2,2-4H3,(H,21,22). The zero-order valence-corrected chi connectivity index (χ0v) is 16.6. The molecule has 0 aliphatic carbocycles. The molecule has 0 unspecified atom stereocenters. The van der Waals surface area contributed by atoms with Crippen LogP contribution in [0.25, 0.3) is 0 Å². The van der Waals surface area contributed by atoms with Crippen molar-refractivity contribution in [1.82, 2.24) is 15.1 Å². The molecule has 1 aromatic carbocycles. The minimum absolute atomic E-state index is 0.0165. The summed E-state index contributed by atoms with van der Waals surface area (Å²) < 4.78 is 0. The molecular weight excluding hydrogens is 350 g/mol. The van der Waals surface area contributed by atoms with E-state index >= 15 is 0 Å². The Kier molecular flexibility index (Phi) is 7.33. The summed E-state index contributed by atoms with van der Waals surface area (Å²) in [5.74, 6) is 0.742. The van der Waals surface area contributed by atoms with Gasteiger partial charge in [0, 0.05) is 57.5 Å². The second-order valence-corrected chi connectivity index (χ2v) is 7.13. The molecule has 142 valence electrons. The zero-order chi connectivity index (χ0) is 19.1. The van der Waals surface area contributed by atoms with Gasteiger partial charge in [-0.1, -0.05) is 29.8 Å². The van der Waals surface area contributed by atoms with Gasteiger partial charge in [0.1, 0.15) is 6.54 Å². The number of nitrogens with zero attached hydrogens (tertiary/aromatic N) is 4. The average molecular weight is 378 g/mol. The van der Waals surface area contributed by atoms with Gasteiger partial charge in [-0.2, -0.15) is 0 Å². The van der Waals surface area contributed by atoms with Gasteiger partial charge in [0.25, 0.3) is 0 Å². The Morgan fingerprint density at radius 2 is 2.00 bits per heavy atom. The summed E-state index contributed by atoms with van der Waals surface area (Å²) in [4.78, 5) is 22.4. The topological polar surface area (TPSA) is 51.2 Å². The molecule has 1 saturated heterocycles. The van der Waals surface area contributed by atoms with E-state index in [2.05, 4.69) is 32.8 Å². The molecule has 7 heteroatoms. The molecule has 1 fully saturated rings. The molecule has 1 aliphatic rings. The summed E-state index contributed by atoms with van der Waals surface area (Å²) in [7, 11) is 3.48. The molecular formula is C19H28ClN5O. The Balaban J connectivity index is 2.01. The first-order chi connectivity index (χ1) is 12.4. The summed E-state index contributed by atoms with van der Waals surface area (Å²) >= 11 is 6.10. The Morgan fingerprint density at radius 1 is 1.31 bits per heavy atom. The number of halogens is 1. The molecule has 6 nitrogen and oxygen atoms in total. The van der Waals surface area contributed by atoms with E-state index in [0.717, 1.165) is 48.4 Å². The largest absolute Gasteiger partial charge is 0.368 e. The average Bonchev–Trinajstić information content (AvgIpc) is 2.61. The van der Waals surface area contributed by atoms with Crippen LogP contribution >= 0.6 is 11.6 Å². The minimum atomic E-state index is -0.0165. The molecule has 1 N–H and O–H groups in total. The van der Waals surface area contributed by atoms with Crippen molar-refractivity contribution in [2.75, 3.05) is 58.3 Å². The molecule has 0 radical (unpaired) electrons. The molecule has 1 amide bonds. The number of carbonyl (C=O) groups excluding carboxylic acids is 1. The van der Waals surface area contributed by atoms with Crippen molar-refractivity contribution in [1.29, 1.82) is 0 Å². The summed E-state index contributed by atoms with van der Waals surface area (Å²) in [6.45, 7) is 10.1. The predicted molar refractivity (Wildman–Crippen MR) is 109 cm³/mol. The Morgan fingerprint density at radius 3 is 2.58 bits per heavy atom. The Labute approximate surface area is 161 Å². The third-order valence-corrected chi connectivity index (χ3v) is 4.40. The second-order valence-electron chi connectivity index (χ2n) is 6.69. The number of aliphatic imine (C=N–C) groups is 1. The number of nitrogens with one attached hydrogen (secondary N) is 1. The lowest BCUT2D eigenvalue weighted by atomic mass is 10.2. The number of rotatable bonds is 5. The number of amides is 1. The van der Waals surface area contributed by atoms with Gasteiger partial charge in [-0.15, -0.1) is 0 Å².